The molecule has 8 nitrogen and oxygen atoms in total. The van der Waals surface area contributed by atoms with Gasteiger partial charge in [-0.2, -0.15) is 8.42 Å². The first-order chi connectivity index (χ1) is 16.4. The molecule has 172 valence electrons. The molecule has 0 spiro atoms. The molecule has 0 saturated heterocycles. The Morgan fingerprint density at radius 1 is 0.824 bits per heavy atom. The number of rotatable bonds is 8. The molecule has 4 aromatic rings. The van der Waals surface area contributed by atoms with Gasteiger partial charge in [-0.1, -0.05) is 36.4 Å². The molecule has 1 aromatic heterocycles. The van der Waals surface area contributed by atoms with Crippen LogP contribution in [0.1, 0.15) is 10.5 Å². The van der Waals surface area contributed by atoms with Crippen molar-refractivity contribution < 1.29 is 21.6 Å². The quantitative estimate of drug-likeness (QED) is 0.355. The molecular formula is C24H19N3O5S2. The molecule has 2 N–H and O–H groups in total. The normalized spacial score (nSPS) is 11.9. The predicted octanol–water partition coefficient (Wildman–Crippen LogP) is 4.24. The van der Waals surface area contributed by atoms with Gasteiger partial charge in [-0.05, 0) is 60.7 Å². The minimum atomic E-state index is -4.17. The zero-order valence-electron chi connectivity index (χ0n) is 17.6. The van der Waals surface area contributed by atoms with Crippen LogP contribution >= 0.6 is 0 Å². The number of aromatic nitrogens is 1. The van der Waals surface area contributed by atoms with E-state index in [-0.39, 0.29) is 27.9 Å². The van der Waals surface area contributed by atoms with Crippen LogP contribution in [0.5, 0.6) is 5.75 Å². The molecule has 3 aromatic carbocycles. The lowest BCUT2D eigenvalue weighted by Crippen LogP contribution is -2.14. The van der Waals surface area contributed by atoms with Gasteiger partial charge in [0.1, 0.15) is 27.3 Å². The van der Waals surface area contributed by atoms with Gasteiger partial charge in [0.2, 0.25) is 0 Å². The second-order valence-corrected chi connectivity index (χ2v) is 9.64. The number of para-hydroxylation sites is 2. The van der Waals surface area contributed by atoms with E-state index in [1.54, 1.807) is 72.8 Å². The number of nitrogens with one attached hydrogen (secondary N) is 2. The van der Waals surface area contributed by atoms with Gasteiger partial charge in [0, 0.05) is 11.9 Å². The summed E-state index contributed by atoms with van der Waals surface area (Å²) in [5, 5.41) is 2.71. The molecular weight excluding hydrogens is 474 g/mol. The van der Waals surface area contributed by atoms with E-state index in [0.29, 0.717) is 10.6 Å². The van der Waals surface area contributed by atoms with Gasteiger partial charge >= 0.3 is 10.1 Å². The Kier molecular flexibility index (Phi) is 7.00. The topological polar surface area (TPSA) is 114 Å². The lowest BCUT2D eigenvalue weighted by atomic mass is 10.3. The van der Waals surface area contributed by atoms with E-state index in [9.17, 15) is 17.4 Å². The minimum absolute atomic E-state index is 0.129. The van der Waals surface area contributed by atoms with Crippen molar-refractivity contribution in [1.82, 2.24) is 4.98 Å². The minimum Gasteiger partial charge on any atom is -0.379 e. The molecule has 1 heterocycles. The van der Waals surface area contributed by atoms with Gasteiger partial charge < -0.3 is 9.50 Å². The Bertz CT molecular complexity index is 1410. The molecule has 1 amide bonds. The molecule has 1 atom stereocenters. The second kappa shape index (κ2) is 10.3. The summed E-state index contributed by atoms with van der Waals surface area (Å²) >= 11 is 0. The SMILES string of the molecule is O=C(Nc1ccc(S(=O)Nc2ccccc2S(=O)(=O)Oc2ccccc2)cc1)c1ccccn1. The fraction of sp³-hybridized carbons (Fsp3) is 0. The first-order valence-corrected chi connectivity index (χ1v) is 12.6. The maximum atomic E-state index is 12.9. The van der Waals surface area contributed by atoms with Gasteiger partial charge in [-0.15, -0.1) is 0 Å². The number of anilines is 2. The average molecular weight is 494 g/mol. The summed E-state index contributed by atoms with van der Waals surface area (Å²) in [5.74, 6) is -0.202. The number of nitrogens with zero attached hydrogens (tertiary/aromatic N) is 1. The molecule has 0 aliphatic heterocycles. The highest BCUT2D eigenvalue weighted by atomic mass is 32.2. The lowest BCUT2D eigenvalue weighted by molar-refractivity contribution is 0.102. The average Bonchev–Trinajstić information content (AvgIpc) is 2.85. The fourth-order valence-corrected chi connectivity index (χ4v) is 4.96. The van der Waals surface area contributed by atoms with E-state index >= 15 is 0 Å². The third-order valence-electron chi connectivity index (χ3n) is 4.53. The van der Waals surface area contributed by atoms with Crippen LogP contribution in [-0.4, -0.2) is 23.5 Å². The summed E-state index contributed by atoms with van der Waals surface area (Å²) in [6.07, 6.45) is 1.52. The monoisotopic (exact) mass is 493 g/mol. The number of pyridine rings is 1. The summed E-state index contributed by atoms with van der Waals surface area (Å²) in [4.78, 5) is 16.4. The summed E-state index contributed by atoms with van der Waals surface area (Å²) in [6.45, 7) is 0. The summed E-state index contributed by atoms with van der Waals surface area (Å²) in [6, 6.07) is 25.5. The molecule has 0 radical (unpaired) electrons. The molecule has 1 unspecified atom stereocenters. The maximum absolute atomic E-state index is 12.9. The van der Waals surface area contributed by atoms with E-state index in [1.807, 2.05) is 0 Å². The number of hydrogen-bond acceptors (Lipinski definition) is 6. The van der Waals surface area contributed by atoms with Crippen LogP contribution in [-0.2, 0) is 21.1 Å². The molecule has 0 bridgehead atoms. The number of carbonyl (C=O) groups excluding carboxylic acids is 1. The van der Waals surface area contributed by atoms with Crippen molar-refractivity contribution in [2.24, 2.45) is 0 Å². The number of benzene rings is 3. The van der Waals surface area contributed by atoms with Crippen LogP contribution in [0.2, 0.25) is 0 Å². The van der Waals surface area contributed by atoms with Crippen molar-refractivity contribution in [2.45, 2.75) is 9.79 Å². The molecule has 4 rings (SSSR count). The molecule has 0 aliphatic rings. The second-order valence-electron chi connectivity index (χ2n) is 6.91. The Balaban J connectivity index is 1.47. The first kappa shape index (κ1) is 23.1. The number of carbonyl (C=O) groups is 1. The van der Waals surface area contributed by atoms with Crippen molar-refractivity contribution in [1.29, 1.82) is 0 Å². The van der Waals surface area contributed by atoms with Crippen LogP contribution in [0.25, 0.3) is 0 Å². The number of amides is 1. The smallest absolute Gasteiger partial charge is 0.341 e. The van der Waals surface area contributed by atoms with Crippen LogP contribution in [0.4, 0.5) is 11.4 Å². The molecule has 10 heteroatoms. The third-order valence-corrected chi connectivity index (χ3v) is 6.94. The van der Waals surface area contributed by atoms with Crippen molar-refractivity contribution in [2.75, 3.05) is 10.0 Å². The van der Waals surface area contributed by atoms with Crippen molar-refractivity contribution in [3.05, 3.63) is 109 Å². The summed E-state index contributed by atoms with van der Waals surface area (Å²) in [7, 11) is -5.95. The van der Waals surface area contributed by atoms with Crippen molar-refractivity contribution in [3.63, 3.8) is 0 Å². The molecule has 0 saturated carbocycles. The van der Waals surface area contributed by atoms with Crippen molar-refractivity contribution in [3.8, 4) is 5.75 Å². The Hall–Kier alpha value is -4.02. The highest BCUT2D eigenvalue weighted by Gasteiger charge is 2.22. The van der Waals surface area contributed by atoms with Crippen LogP contribution in [0, 0.1) is 0 Å². The Morgan fingerprint density at radius 3 is 2.21 bits per heavy atom. The molecule has 0 aliphatic carbocycles. The first-order valence-electron chi connectivity index (χ1n) is 10.0. The highest BCUT2D eigenvalue weighted by molar-refractivity contribution is 7.88. The fourth-order valence-electron chi connectivity index (χ4n) is 2.93. The van der Waals surface area contributed by atoms with Gasteiger partial charge in [-0.3, -0.25) is 14.5 Å². The summed E-state index contributed by atoms with van der Waals surface area (Å²) in [5.41, 5.74) is 0.896. The van der Waals surface area contributed by atoms with Gasteiger partial charge in [0.05, 0.1) is 10.6 Å². The van der Waals surface area contributed by atoms with E-state index < -0.39 is 21.1 Å². The van der Waals surface area contributed by atoms with Crippen molar-refractivity contribution >= 4 is 38.4 Å². The Morgan fingerprint density at radius 2 is 1.50 bits per heavy atom. The third kappa shape index (κ3) is 5.66. The van der Waals surface area contributed by atoms with E-state index in [0.717, 1.165) is 0 Å². The Labute approximate surface area is 199 Å². The maximum Gasteiger partial charge on any atom is 0.341 e. The van der Waals surface area contributed by atoms with E-state index in [1.165, 1.54) is 30.5 Å². The highest BCUT2D eigenvalue weighted by Crippen LogP contribution is 2.26. The van der Waals surface area contributed by atoms with Crippen LogP contribution < -0.4 is 14.2 Å². The van der Waals surface area contributed by atoms with E-state index in [4.69, 9.17) is 4.18 Å². The van der Waals surface area contributed by atoms with Gasteiger partial charge in [0.25, 0.3) is 5.91 Å². The van der Waals surface area contributed by atoms with E-state index in [2.05, 4.69) is 15.0 Å². The zero-order chi connectivity index (χ0) is 24.0. The standard InChI is InChI=1S/C24H19N3O5S2/c28-24(22-11-6-7-17-25-22)26-18-13-15-20(16-14-18)33(29)27-21-10-4-5-12-23(21)34(30,31)32-19-8-2-1-3-9-19/h1-17,27H,(H,26,28). The molecule has 34 heavy (non-hydrogen) atoms. The van der Waals surface area contributed by atoms with Crippen LogP contribution in [0.3, 0.4) is 0 Å². The van der Waals surface area contributed by atoms with Gasteiger partial charge in [0.15, 0.2) is 0 Å². The molecule has 0 fully saturated rings. The van der Waals surface area contributed by atoms with Crippen LogP contribution in [0.15, 0.2) is 113 Å². The zero-order valence-corrected chi connectivity index (χ0v) is 19.3. The number of hydrogen-bond donors (Lipinski definition) is 2. The summed E-state index contributed by atoms with van der Waals surface area (Å²) < 4.78 is 46.4. The largest absolute Gasteiger partial charge is 0.379 e. The predicted molar refractivity (Wildman–Crippen MR) is 129 cm³/mol. The lowest BCUT2D eigenvalue weighted by Gasteiger charge is -2.13. The van der Waals surface area contributed by atoms with Gasteiger partial charge in [-0.25, -0.2) is 4.21 Å².